The molecule has 0 aliphatic rings. The van der Waals surface area contributed by atoms with Crippen molar-refractivity contribution in [2.24, 2.45) is 11.8 Å². The zero-order chi connectivity index (χ0) is 27.3. The van der Waals surface area contributed by atoms with Crippen molar-refractivity contribution in [3.8, 4) is 5.75 Å². The number of methoxy groups -OCH3 is 1. The molecule has 2 aromatic carbocycles. The van der Waals surface area contributed by atoms with E-state index in [1.54, 1.807) is 24.1 Å². The number of halogens is 1. The molecule has 1 amide bonds. The zero-order valence-electron chi connectivity index (χ0n) is 23.2. The number of rotatable bonds is 12. The fourth-order valence-corrected chi connectivity index (χ4v) is 6.71. The summed E-state index contributed by atoms with van der Waals surface area (Å²) in [5.74, 6) is 0.825. The maximum absolute atomic E-state index is 13.7. The van der Waals surface area contributed by atoms with Gasteiger partial charge in [0.25, 0.3) is 5.91 Å². The lowest BCUT2D eigenvalue weighted by molar-refractivity contribution is 0.0985. The summed E-state index contributed by atoms with van der Waals surface area (Å²) in [5, 5.41) is 0.572. The van der Waals surface area contributed by atoms with Crippen molar-refractivity contribution in [2.75, 3.05) is 52.3 Å². The van der Waals surface area contributed by atoms with Crippen LogP contribution >= 0.6 is 23.7 Å². The first kappa shape index (κ1) is 32.0. The number of carbonyl (C=O) groups excluding carboxylic acids is 1. The second-order valence-corrected chi connectivity index (χ2v) is 13.1. The third kappa shape index (κ3) is 7.66. The molecule has 0 radical (unpaired) electrons. The highest BCUT2D eigenvalue weighted by Gasteiger charge is 2.27. The standard InChI is InChI=1S/C27H38N4O4S2.ClH/c1-19(2)17-30(18-20(3)4)37(33,34)22-13-11-21(12-14-22)26(32)31(16-15-29(5)6)27-28-25-23(35-7)9-8-10-24(25)36-27;/h8-14,19-20H,15-18H2,1-7H3;1H. The van der Waals surface area contributed by atoms with E-state index in [0.29, 0.717) is 48.1 Å². The first-order valence-electron chi connectivity index (χ1n) is 12.4. The van der Waals surface area contributed by atoms with Gasteiger partial charge in [-0.1, -0.05) is 45.1 Å². The third-order valence-corrected chi connectivity index (χ3v) is 8.60. The number of benzene rings is 2. The molecule has 0 aliphatic carbocycles. The summed E-state index contributed by atoms with van der Waals surface area (Å²) < 4.78 is 34.7. The number of fused-ring (bicyclic) bond motifs is 1. The van der Waals surface area contributed by atoms with Gasteiger partial charge in [0, 0.05) is 31.7 Å². The Labute approximate surface area is 237 Å². The number of thiazole rings is 1. The van der Waals surface area contributed by atoms with E-state index in [9.17, 15) is 13.2 Å². The molecule has 38 heavy (non-hydrogen) atoms. The Bertz CT molecular complexity index is 1300. The molecule has 0 atom stereocenters. The number of nitrogens with zero attached hydrogens (tertiary/aromatic N) is 4. The van der Waals surface area contributed by atoms with E-state index < -0.39 is 10.0 Å². The molecule has 0 saturated carbocycles. The predicted molar refractivity (Wildman–Crippen MR) is 159 cm³/mol. The fraction of sp³-hybridized carbons (Fsp3) is 0.481. The lowest BCUT2D eigenvalue weighted by atomic mass is 10.2. The monoisotopic (exact) mass is 582 g/mol. The van der Waals surface area contributed by atoms with Crippen LogP contribution in [0.25, 0.3) is 10.2 Å². The summed E-state index contributed by atoms with van der Waals surface area (Å²) in [7, 11) is 1.82. The number of carbonyl (C=O) groups is 1. The van der Waals surface area contributed by atoms with Crippen LogP contribution < -0.4 is 9.64 Å². The number of aromatic nitrogens is 1. The molecular weight excluding hydrogens is 544 g/mol. The second kappa shape index (κ2) is 13.7. The van der Waals surface area contributed by atoms with Gasteiger partial charge in [-0.3, -0.25) is 9.69 Å². The molecule has 11 heteroatoms. The highest BCUT2D eigenvalue weighted by atomic mass is 35.5. The zero-order valence-corrected chi connectivity index (χ0v) is 25.6. The molecule has 3 rings (SSSR count). The summed E-state index contributed by atoms with van der Waals surface area (Å²) in [6.07, 6.45) is 0. The van der Waals surface area contributed by atoms with Gasteiger partial charge in [-0.15, -0.1) is 12.4 Å². The largest absolute Gasteiger partial charge is 0.494 e. The molecule has 1 heterocycles. The van der Waals surface area contributed by atoms with Gasteiger partial charge in [0.05, 0.1) is 16.7 Å². The minimum Gasteiger partial charge on any atom is -0.494 e. The van der Waals surface area contributed by atoms with Gasteiger partial charge in [-0.2, -0.15) is 4.31 Å². The summed E-state index contributed by atoms with van der Waals surface area (Å²) in [5.41, 5.74) is 1.12. The molecule has 0 bridgehead atoms. The normalized spacial score (nSPS) is 12.0. The Balaban J connectivity index is 0.00000507. The number of para-hydroxylation sites is 1. The SMILES string of the molecule is COc1cccc2sc(N(CCN(C)C)C(=O)c3ccc(S(=O)(=O)N(CC(C)C)CC(C)C)cc3)nc12.Cl. The smallest absolute Gasteiger partial charge is 0.260 e. The topological polar surface area (TPSA) is 83.0 Å². The van der Waals surface area contributed by atoms with Crippen LogP contribution in [-0.2, 0) is 10.0 Å². The first-order chi connectivity index (χ1) is 17.4. The Hall–Kier alpha value is -2.24. The maximum atomic E-state index is 13.7. The number of hydrogen-bond donors (Lipinski definition) is 0. The highest BCUT2D eigenvalue weighted by molar-refractivity contribution is 7.89. The Morgan fingerprint density at radius 3 is 2.11 bits per heavy atom. The van der Waals surface area contributed by atoms with Crippen LogP contribution in [0.1, 0.15) is 38.1 Å². The van der Waals surface area contributed by atoms with E-state index in [1.807, 2.05) is 64.9 Å². The Morgan fingerprint density at radius 1 is 0.974 bits per heavy atom. The lowest BCUT2D eigenvalue weighted by Gasteiger charge is -2.26. The van der Waals surface area contributed by atoms with Crippen molar-refractivity contribution in [3.05, 3.63) is 48.0 Å². The Morgan fingerprint density at radius 2 is 1.58 bits per heavy atom. The van der Waals surface area contributed by atoms with E-state index in [-0.39, 0.29) is 35.0 Å². The van der Waals surface area contributed by atoms with Gasteiger partial charge < -0.3 is 9.64 Å². The molecule has 3 aromatic rings. The van der Waals surface area contributed by atoms with Gasteiger partial charge in [0.15, 0.2) is 5.13 Å². The first-order valence-corrected chi connectivity index (χ1v) is 14.7. The molecule has 0 fully saturated rings. The molecular formula is C27H39ClN4O4S2. The van der Waals surface area contributed by atoms with Gasteiger partial charge in [-0.05, 0) is 62.3 Å². The average molecular weight is 583 g/mol. The van der Waals surface area contributed by atoms with E-state index in [2.05, 4.69) is 0 Å². The number of hydrogen-bond acceptors (Lipinski definition) is 7. The van der Waals surface area contributed by atoms with Crippen molar-refractivity contribution in [1.29, 1.82) is 0 Å². The second-order valence-electron chi connectivity index (χ2n) is 10.2. The molecule has 8 nitrogen and oxygen atoms in total. The maximum Gasteiger partial charge on any atom is 0.260 e. The predicted octanol–water partition coefficient (Wildman–Crippen LogP) is 5.24. The van der Waals surface area contributed by atoms with Crippen molar-refractivity contribution in [2.45, 2.75) is 32.6 Å². The van der Waals surface area contributed by atoms with Crippen LogP contribution in [0.3, 0.4) is 0 Å². The van der Waals surface area contributed by atoms with Crippen molar-refractivity contribution < 1.29 is 17.9 Å². The van der Waals surface area contributed by atoms with E-state index in [1.165, 1.54) is 27.8 Å². The van der Waals surface area contributed by atoms with E-state index >= 15 is 0 Å². The van der Waals surface area contributed by atoms with Gasteiger partial charge >= 0.3 is 0 Å². The van der Waals surface area contributed by atoms with Crippen molar-refractivity contribution in [3.63, 3.8) is 0 Å². The van der Waals surface area contributed by atoms with E-state index in [4.69, 9.17) is 9.72 Å². The van der Waals surface area contributed by atoms with E-state index in [0.717, 1.165) is 4.70 Å². The van der Waals surface area contributed by atoms with Crippen LogP contribution in [0, 0.1) is 11.8 Å². The molecule has 0 spiro atoms. The number of anilines is 1. The quantitative estimate of drug-likeness (QED) is 0.290. The van der Waals surface area contributed by atoms with Crippen LogP contribution in [0.2, 0.25) is 0 Å². The van der Waals surface area contributed by atoms with Crippen LogP contribution in [0.4, 0.5) is 5.13 Å². The summed E-state index contributed by atoms with van der Waals surface area (Å²) >= 11 is 1.43. The average Bonchev–Trinajstić information content (AvgIpc) is 3.27. The molecule has 0 unspecified atom stereocenters. The number of amides is 1. The van der Waals surface area contributed by atoms with Gasteiger partial charge in [-0.25, -0.2) is 13.4 Å². The number of likely N-dealkylation sites (N-methyl/N-ethyl adjacent to an activating group) is 1. The third-order valence-electron chi connectivity index (χ3n) is 5.71. The lowest BCUT2D eigenvalue weighted by Crippen LogP contribution is -2.37. The number of ether oxygens (including phenoxy) is 1. The van der Waals surface area contributed by atoms with Crippen molar-refractivity contribution in [1.82, 2.24) is 14.2 Å². The van der Waals surface area contributed by atoms with Crippen molar-refractivity contribution >= 4 is 55.0 Å². The fourth-order valence-electron chi connectivity index (χ4n) is 3.94. The molecule has 0 saturated heterocycles. The highest BCUT2D eigenvalue weighted by Crippen LogP contribution is 2.34. The number of sulfonamides is 1. The summed E-state index contributed by atoms with van der Waals surface area (Å²) in [6, 6.07) is 11.9. The molecule has 0 N–H and O–H groups in total. The van der Waals surface area contributed by atoms with Crippen LogP contribution in [0.5, 0.6) is 5.75 Å². The van der Waals surface area contributed by atoms with Gasteiger partial charge in [0.2, 0.25) is 10.0 Å². The Kier molecular flexibility index (Phi) is 11.5. The minimum absolute atomic E-state index is 0. The summed E-state index contributed by atoms with van der Waals surface area (Å²) in [4.78, 5) is 22.2. The van der Waals surface area contributed by atoms with Crippen LogP contribution in [0.15, 0.2) is 47.4 Å². The van der Waals surface area contributed by atoms with Gasteiger partial charge in [0.1, 0.15) is 11.3 Å². The molecule has 0 aliphatic heterocycles. The molecule has 1 aromatic heterocycles. The molecule has 210 valence electrons. The minimum atomic E-state index is -3.67. The van der Waals surface area contributed by atoms with Crippen LogP contribution in [-0.4, -0.2) is 75.9 Å². The summed E-state index contributed by atoms with van der Waals surface area (Å²) in [6.45, 7) is 9.99.